The fraction of sp³-hybridized carbons (Fsp3) is 0.231. The van der Waals surface area contributed by atoms with Gasteiger partial charge in [0.05, 0.1) is 5.69 Å². The Morgan fingerprint density at radius 2 is 1.95 bits per heavy atom. The van der Waals surface area contributed by atoms with Crippen molar-refractivity contribution in [1.29, 1.82) is 0 Å². The molecule has 6 nitrogen and oxygen atoms in total. The van der Waals surface area contributed by atoms with Crippen LogP contribution in [0, 0.1) is 6.92 Å². The van der Waals surface area contributed by atoms with Crippen LogP contribution in [0.3, 0.4) is 0 Å². The van der Waals surface area contributed by atoms with Crippen LogP contribution in [0.15, 0.2) is 30.3 Å². The molecule has 2 aromatic heterocycles. The fourth-order valence-corrected chi connectivity index (χ4v) is 2.64. The minimum atomic E-state index is 0.361. The largest absolute Gasteiger partial charge is 0.325 e. The number of rotatable bonds is 4. The van der Waals surface area contributed by atoms with Crippen LogP contribution in [0.25, 0.3) is 5.13 Å². The average molecular weight is 286 g/mol. The Labute approximate surface area is 120 Å². The molecular formula is C13H14N6S. The Morgan fingerprint density at radius 1 is 1.15 bits per heavy atom. The van der Waals surface area contributed by atoms with E-state index in [2.05, 4.69) is 32.6 Å². The standard InChI is InChI=1S/C13H14N6S/c1-9-15-17-13(20-9)19-12(11(8-14)16-18-19)7-10-5-3-2-4-6-10/h2-6H,7-8,14H2,1H3. The number of benzene rings is 1. The molecule has 2 heterocycles. The van der Waals surface area contributed by atoms with Gasteiger partial charge in [0.15, 0.2) is 0 Å². The van der Waals surface area contributed by atoms with Crippen molar-refractivity contribution in [3.05, 3.63) is 52.3 Å². The van der Waals surface area contributed by atoms with Crippen LogP contribution >= 0.6 is 11.3 Å². The van der Waals surface area contributed by atoms with Crippen LogP contribution < -0.4 is 5.73 Å². The third-order valence-corrected chi connectivity index (χ3v) is 3.76. The summed E-state index contributed by atoms with van der Waals surface area (Å²) < 4.78 is 1.74. The summed E-state index contributed by atoms with van der Waals surface area (Å²) in [7, 11) is 0. The second-order valence-electron chi connectivity index (χ2n) is 4.36. The van der Waals surface area contributed by atoms with Crippen molar-refractivity contribution in [2.75, 3.05) is 0 Å². The van der Waals surface area contributed by atoms with E-state index in [9.17, 15) is 0 Å². The Balaban J connectivity index is 2.02. The number of aryl methyl sites for hydroxylation is 1. The van der Waals surface area contributed by atoms with E-state index < -0.39 is 0 Å². The Bertz CT molecular complexity index is 703. The van der Waals surface area contributed by atoms with Gasteiger partial charge >= 0.3 is 0 Å². The summed E-state index contributed by atoms with van der Waals surface area (Å²) in [4.78, 5) is 0. The number of hydrogen-bond acceptors (Lipinski definition) is 6. The Kier molecular flexibility index (Phi) is 3.53. The lowest BCUT2D eigenvalue weighted by atomic mass is 10.1. The van der Waals surface area contributed by atoms with Crippen molar-refractivity contribution in [2.24, 2.45) is 5.73 Å². The van der Waals surface area contributed by atoms with Gasteiger partial charge in [0, 0.05) is 13.0 Å². The molecule has 0 spiro atoms. The molecule has 1 aromatic carbocycles. The molecule has 0 aliphatic rings. The predicted molar refractivity (Wildman–Crippen MR) is 76.7 cm³/mol. The maximum absolute atomic E-state index is 5.75. The minimum absolute atomic E-state index is 0.361. The SMILES string of the molecule is Cc1nnc(-n2nnc(CN)c2Cc2ccccc2)s1. The van der Waals surface area contributed by atoms with E-state index >= 15 is 0 Å². The van der Waals surface area contributed by atoms with Gasteiger partial charge in [-0.15, -0.1) is 15.3 Å². The van der Waals surface area contributed by atoms with Crippen LogP contribution in [0.1, 0.15) is 22.0 Å². The maximum atomic E-state index is 5.75. The van der Waals surface area contributed by atoms with Crippen molar-refractivity contribution in [1.82, 2.24) is 25.2 Å². The second-order valence-corrected chi connectivity index (χ2v) is 5.52. The molecule has 0 atom stereocenters. The highest BCUT2D eigenvalue weighted by Crippen LogP contribution is 2.19. The van der Waals surface area contributed by atoms with Crippen molar-refractivity contribution < 1.29 is 0 Å². The first kappa shape index (κ1) is 12.9. The fourth-order valence-electron chi connectivity index (χ4n) is 1.98. The Morgan fingerprint density at radius 3 is 2.60 bits per heavy atom. The molecule has 3 aromatic rings. The minimum Gasteiger partial charge on any atom is -0.325 e. The third kappa shape index (κ3) is 2.45. The highest BCUT2D eigenvalue weighted by Gasteiger charge is 2.16. The summed E-state index contributed by atoms with van der Waals surface area (Å²) in [5.74, 6) is 0. The summed E-state index contributed by atoms with van der Waals surface area (Å²) in [6, 6.07) is 10.2. The van der Waals surface area contributed by atoms with Crippen LogP contribution in [0.5, 0.6) is 0 Å². The van der Waals surface area contributed by atoms with Gasteiger partial charge in [0.1, 0.15) is 10.7 Å². The van der Waals surface area contributed by atoms with Gasteiger partial charge in [-0.3, -0.25) is 0 Å². The summed E-state index contributed by atoms with van der Waals surface area (Å²) in [6.07, 6.45) is 0.721. The van der Waals surface area contributed by atoms with E-state index in [4.69, 9.17) is 5.73 Å². The van der Waals surface area contributed by atoms with Gasteiger partial charge in [0.2, 0.25) is 5.13 Å². The zero-order valence-electron chi connectivity index (χ0n) is 11.0. The maximum Gasteiger partial charge on any atom is 0.234 e. The molecule has 0 aliphatic carbocycles. The number of aromatic nitrogens is 5. The average Bonchev–Trinajstić information content (AvgIpc) is 3.06. The second kappa shape index (κ2) is 5.48. The summed E-state index contributed by atoms with van der Waals surface area (Å²) in [6.45, 7) is 2.28. The Hall–Kier alpha value is -2.12. The molecule has 7 heteroatoms. The molecule has 2 N–H and O–H groups in total. The molecule has 0 amide bonds. The lowest BCUT2D eigenvalue weighted by Crippen LogP contribution is -2.07. The van der Waals surface area contributed by atoms with E-state index in [1.165, 1.54) is 16.9 Å². The smallest absolute Gasteiger partial charge is 0.234 e. The lowest BCUT2D eigenvalue weighted by molar-refractivity contribution is 0.755. The topological polar surface area (TPSA) is 82.5 Å². The number of nitrogens with two attached hydrogens (primary N) is 1. The van der Waals surface area contributed by atoms with Crippen LogP contribution in [0.4, 0.5) is 0 Å². The molecule has 0 unspecified atom stereocenters. The van der Waals surface area contributed by atoms with Crippen LogP contribution in [0.2, 0.25) is 0 Å². The molecular weight excluding hydrogens is 272 g/mol. The predicted octanol–water partition coefficient (Wildman–Crippen LogP) is 1.48. The van der Waals surface area contributed by atoms with Crippen molar-refractivity contribution in [3.63, 3.8) is 0 Å². The van der Waals surface area contributed by atoms with Crippen LogP contribution in [-0.2, 0) is 13.0 Å². The van der Waals surface area contributed by atoms with Gasteiger partial charge in [0.25, 0.3) is 0 Å². The lowest BCUT2D eigenvalue weighted by Gasteiger charge is -2.04. The van der Waals surface area contributed by atoms with E-state index in [1.807, 2.05) is 25.1 Å². The molecule has 0 saturated heterocycles. The van der Waals surface area contributed by atoms with Crippen molar-refractivity contribution in [2.45, 2.75) is 19.9 Å². The number of hydrogen-bond donors (Lipinski definition) is 1. The molecule has 3 rings (SSSR count). The van der Waals surface area contributed by atoms with E-state index in [-0.39, 0.29) is 0 Å². The van der Waals surface area contributed by atoms with Gasteiger partial charge in [-0.25, -0.2) is 0 Å². The molecule has 0 radical (unpaired) electrons. The molecule has 0 fully saturated rings. The van der Waals surface area contributed by atoms with E-state index in [1.54, 1.807) is 4.68 Å². The van der Waals surface area contributed by atoms with Crippen molar-refractivity contribution in [3.8, 4) is 5.13 Å². The highest BCUT2D eigenvalue weighted by atomic mass is 32.1. The number of nitrogens with zero attached hydrogens (tertiary/aromatic N) is 5. The molecule has 0 aliphatic heterocycles. The summed E-state index contributed by atoms with van der Waals surface area (Å²) in [5, 5.41) is 18.1. The van der Waals surface area contributed by atoms with E-state index in [0.717, 1.165) is 27.9 Å². The molecule has 102 valence electrons. The van der Waals surface area contributed by atoms with E-state index in [0.29, 0.717) is 6.54 Å². The zero-order valence-corrected chi connectivity index (χ0v) is 11.8. The summed E-state index contributed by atoms with van der Waals surface area (Å²) in [5.41, 5.74) is 8.70. The quantitative estimate of drug-likeness (QED) is 0.785. The van der Waals surface area contributed by atoms with Gasteiger partial charge < -0.3 is 5.73 Å². The van der Waals surface area contributed by atoms with Crippen LogP contribution in [-0.4, -0.2) is 25.2 Å². The molecule has 0 saturated carbocycles. The first-order valence-corrected chi connectivity index (χ1v) is 7.07. The molecule has 20 heavy (non-hydrogen) atoms. The monoisotopic (exact) mass is 286 g/mol. The van der Waals surface area contributed by atoms with Gasteiger partial charge in [-0.05, 0) is 12.5 Å². The normalized spacial score (nSPS) is 10.9. The molecule has 0 bridgehead atoms. The first-order chi connectivity index (χ1) is 9.78. The highest BCUT2D eigenvalue weighted by molar-refractivity contribution is 7.13. The summed E-state index contributed by atoms with van der Waals surface area (Å²) >= 11 is 1.49. The van der Waals surface area contributed by atoms with Gasteiger partial charge in [-0.2, -0.15) is 4.68 Å². The first-order valence-electron chi connectivity index (χ1n) is 6.26. The zero-order chi connectivity index (χ0) is 13.9. The third-order valence-electron chi connectivity index (χ3n) is 2.95. The van der Waals surface area contributed by atoms with Crippen molar-refractivity contribution >= 4 is 11.3 Å². The van der Waals surface area contributed by atoms with Gasteiger partial charge in [-0.1, -0.05) is 46.9 Å².